The number of thiophene rings is 1. The quantitative estimate of drug-likeness (QED) is 0.685. The summed E-state index contributed by atoms with van der Waals surface area (Å²) in [5.41, 5.74) is 3.22. The van der Waals surface area contributed by atoms with Gasteiger partial charge in [-0.3, -0.25) is 0 Å². The van der Waals surface area contributed by atoms with Gasteiger partial charge in [-0.25, -0.2) is 0 Å². The summed E-state index contributed by atoms with van der Waals surface area (Å²) in [6.07, 6.45) is 4.20. The van der Waals surface area contributed by atoms with E-state index in [2.05, 4.69) is 31.5 Å². The van der Waals surface area contributed by atoms with Gasteiger partial charge in [0.1, 0.15) is 0 Å². The molecule has 14 heavy (non-hydrogen) atoms. The van der Waals surface area contributed by atoms with E-state index in [9.17, 15) is 0 Å². The molecule has 1 heterocycles. The predicted octanol–water partition coefficient (Wildman–Crippen LogP) is 4.46. The predicted molar refractivity (Wildman–Crippen MR) is 64.0 cm³/mol. The van der Waals surface area contributed by atoms with E-state index < -0.39 is 0 Å². The third kappa shape index (κ3) is 2.03. The molecule has 0 radical (unpaired) electrons. The Kier molecular flexibility index (Phi) is 2.96. The zero-order valence-electron chi connectivity index (χ0n) is 9.42. The van der Waals surface area contributed by atoms with Crippen LogP contribution < -0.4 is 0 Å². The van der Waals surface area contributed by atoms with E-state index >= 15 is 0 Å². The molecule has 78 valence electrons. The van der Waals surface area contributed by atoms with Crippen LogP contribution in [0.5, 0.6) is 0 Å². The molecule has 0 amide bonds. The first-order chi connectivity index (χ1) is 6.72. The van der Waals surface area contributed by atoms with Gasteiger partial charge in [-0.1, -0.05) is 27.2 Å². The Balaban J connectivity index is 1.99. The lowest BCUT2D eigenvalue weighted by atomic mass is 9.98. The van der Waals surface area contributed by atoms with Gasteiger partial charge in [0.25, 0.3) is 0 Å². The summed E-state index contributed by atoms with van der Waals surface area (Å²) in [5.74, 6) is 2.75. The average molecular weight is 208 g/mol. The second-order valence-electron chi connectivity index (χ2n) is 4.88. The second-order valence-corrected chi connectivity index (χ2v) is 5.62. The van der Waals surface area contributed by atoms with Crippen molar-refractivity contribution in [3.8, 4) is 0 Å². The van der Waals surface area contributed by atoms with Gasteiger partial charge in [0.15, 0.2) is 0 Å². The average Bonchev–Trinajstić information content (AvgIpc) is 2.71. The van der Waals surface area contributed by atoms with E-state index in [-0.39, 0.29) is 0 Å². The fourth-order valence-corrected chi connectivity index (χ4v) is 3.38. The maximum atomic E-state index is 2.36. The molecule has 1 aromatic rings. The summed E-state index contributed by atoms with van der Waals surface area (Å²) in [6.45, 7) is 6.92. The highest BCUT2D eigenvalue weighted by atomic mass is 32.1. The van der Waals surface area contributed by atoms with Crippen LogP contribution in [0.15, 0.2) is 10.8 Å². The summed E-state index contributed by atoms with van der Waals surface area (Å²) in [6, 6.07) is 0. The van der Waals surface area contributed by atoms with Gasteiger partial charge in [0, 0.05) is 0 Å². The van der Waals surface area contributed by atoms with Gasteiger partial charge in [0.05, 0.1) is 0 Å². The first kappa shape index (κ1) is 10.2. The van der Waals surface area contributed by atoms with Crippen LogP contribution in [0, 0.1) is 11.8 Å². The number of hydrogen-bond donors (Lipinski definition) is 0. The normalized spacial score (nSPS) is 25.7. The van der Waals surface area contributed by atoms with Crippen LogP contribution in [0.1, 0.15) is 50.7 Å². The molecule has 1 aromatic heterocycles. The van der Waals surface area contributed by atoms with E-state index in [1.54, 1.807) is 11.1 Å². The van der Waals surface area contributed by atoms with Crippen molar-refractivity contribution < 1.29 is 0 Å². The molecular formula is C13H20S. The molecule has 1 heteroatoms. The molecule has 0 nitrogen and oxygen atoms in total. The van der Waals surface area contributed by atoms with Crippen molar-refractivity contribution in [1.29, 1.82) is 0 Å². The maximum Gasteiger partial charge on any atom is -0.00558 e. The fourth-order valence-electron chi connectivity index (χ4n) is 2.35. The van der Waals surface area contributed by atoms with Crippen molar-refractivity contribution in [2.24, 2.45) is 11.8 Å². The van der Waals surface area contributed by atoms with Crippen LogP contribution in [0.25, 0.3) is 0 Å². The number of rotatable bonds is 4. The first-order valence-corrected chi connectivity index (χ1v) is 6.71. The Bertz CT molecular complexity index is 298. The third-order valence-corrected chi connectivity index (χ3v) is 4.28. The van der Waals surface area contributed by atoms with E-state index in [0.717, 1.165) is 11.8 Å². The molecule has 0 bridgehead atoms. The largest absolute Gasteiger partial charge is 0.152 e. The van der Waals surface area contributed by atoms with Crippen LogP contribution >= 0.6 is 11.3 Å². The van der Waals surface area contributed by atoms with Gasteiger partial charge in [0.2, 0.25) is 0 Å². The van der Waals surface area contributed by atoms with Gasteiger partial charge in [-0.2, -0.15) is 11.3 Å². The Morgan fingerprint density at radius 2 is 2.14 bits per heavy atom. The molecule has 1 fully saturated rings. The SMILES string of the molecule is CCC1CC1Cc1cscc1C(C)C. The highest BCUT2D eigenvalue weighted by Crippen LogP contribution is 2.44. The fraction of sp³-hybridized carbons (Fsp3) is 0.692. The summed E-state index contributed by atoms with van der Waals surface area (Å²) < 4.78 is 0. The highest BCUT2D eigenvalue weighted by molar-refractivity contribution is 7.08. The smallest absolute Gasteiger partial charge is 0.00558 e. The van der Waals surface area contributed by atoms with Gasteiger partial charge in [-0.05, 0) is 52.5 Å². The van der Waals surface area contributed by atoms with Crippen molar-refractivity contribution in [1.82, 2.24) is 0 Å². The molecule has 1 aliphatic rings. The van der Waals surface area contributed by atoms with Crippen molar-refractivity contribution in [2.45, 2.75) is 46.0 Å². The minimum absolute atomic E-state index is 0.704. The van der Waals surface area contributed by atoms with E-state index in [0.29, 0.717) is 5.92 Å². The molecule has 2 atom stereocenters. The minimum Gasteiger partial charge on any atom is -0.152 e. The van der Waals surface area contributed by atoms with Crippen molar-refractivity contribution in [3.05, 3.63) is 21.9 Å². The zero-order chi connectivity index (χ0) is 10.1. The maximum absolute atomic E-state index is 2.36. The molecule has 2 unspecified atom stereocenters. The zero-order valence-corrected chi connectivity index (χ0v) is 10.2. The van der Waals surface area contributed by atoms with Crippen molar-refractivity contribution in [2.75, 3.05) is 0 Å². The standard InChI is InChI=1S/C13H20S/c1-4-10-5-11(10)6-12-7-14-8-13(12)9(2)3/h7-11H,4-6H2,1-3H3. The van der Waals surface area contributed by atoms with Gasteiger partial charge < -0.3 is 0 Å². The first-order valence-electron chi connectivity index (χ1n) is 5.77. The molecule has 0 N–H and O–H groups in total. The van der Waals surface area contributed by atoms with Crippen LogP contribution in [0.4, 0.5) is 0 Å². The van der Waals surface area contributed by atoms with Gasteiger partial charge >= 0.3 is 0 Å². The van der Waals surface area contributed by atoms with E-state index in [1.165, 1.54) is 19.3 Å². The van der Waals surface area contributed by atoms with Crippen molar-refractivity contribution in [3.63, 3.8) is 0 Å². The highest BCUT2D eigenvalue weighted by Gasteiger charge is 2.35. The van der Waals surface area contributed by atoms with Crippen LogP contribution in [-0.2, 0) is 6.42 Å². The molecule has 0 aromatic carbocycles. The topological polar surface area (TPSA) is 0 Å². The number of hydrogen-bond acceptors (Lipinski definition) is 1. The lowest BCUT2D eigenvalue weighted by Gasteiger charge is -2.06. The molecule has 1 aliphatic carbocycles. The van der Waals surface area contributed by atoms with Crippen molar-refractivity contribution >= 4 is 11.3 Å². The molecular weight excluding hydrogens is 188 g/mol. The molecule has 0 saturated heterocycles. The second kappa shape index (κ2) is 4.06. The third-order valence-electron chi connectivity index (χ3n) is 3.47. The summed E-state index contributed by atoms with van der Waals surface area (Å²) in [5, 5.41) is 4.70. The molecule has 0 aliphatic heterocycles. The summed E-state index contributed by atoms with van der Waals surface area (Å²) >= 11 is 1.87. The van der Waals surface area contributed by atoms with E-state index in [4.69, 9.17) is 0 Å². The Morgan fingerprint density at radius 1 is 1.36 bits per heavy atom. The lowest BCUT2D eigenvalue weighted by molar-refractivity contribution is 0.672. The van der Waals surface area contributed by atoms with E-state index in [1.807, 2.05) is 11.3 Å². The molecule has 1 saturated carbocycles. The minimum atomic E-state index is 0.704. The Morgan fingerprint density at radius 3 is 2.71 bits per heavy atom. The lowest BCUT2D eigenvalue weighted by Crippen LogP contribution is -1.94. The molecule has 2 rings (SSSR count). The molecule has 0 spiro atoms. The van der Waals surface area contributed by atoms with Crippen LogP contribution in [0.2, 0.25) is 0 Å². The monoisotopic (exact) mass is 208 g/mol. The Hall–Kier alpha value is -0.300. The van der Waals surface area contributed by atoms with Crippen LogP contribution in [0.3, 0.4) is 0 Å². The summed E-state index contributed by atoms with van der Waals surface area (Å²) in [7, 11) is 0. The Labute approximate surface area is 91.4 Å². The summed E-state index contributed by atoms with van der Waals surface area (Å²) in [4.78, 5) is 0. The van der Waals surface area contributed by atoms with Crippen LogP contribution in [-0.4, -0.2) is 0 Å². The van der Waals surface area contributed by atoms with Gasteiger partial charge in [-0.15, -0.1) is 0 Å².